The fourth-order valence-corrected chi connectivity index (χ4v) is 4.70. The highest BCUT2D eigenvalue weighted by atomic mass is 16.4. The zero-order chi connectivity index (χ0) is 14.3. The van der Waals surface area contributed by atoms with E-state index in [0.29, 0.717) is 11.8 Å². The van der Waals surface area contributed by atoms with Gasteiger partial charge < -0.3 is 10.0 Å². The van der Waals surface area contributed by atoms with Gasteiger partial charge in [-0.25, -0.2) is 0 Å². The van der Waals surface area contributed by atoms with Crippen molar-refractivity contribution in [1.29, 1.82) is 0 Å². The van der Waals surface area contributed by atoms with Crippen LogP contribution in [0.5, 0.6) is 0 Å². The van der Waals surface area contributed by atoms with E-state index in [4.69, 9.17) is 0 Å². The van der Waals surface area contributed by atoms with Crippen molar-refractivity contribution in [2.45, 2.75) is 37.6 Å². The number of carboxylic acids is 1. The van der Waals surface area contributed by atoms with Crippen LogP contribution in [0.15, 0.2) is 24.3 Å². The van der Waals surface area contributed by atoms with Gasteiger partial charge in [-0.2, -0.15) is 0 Å². The molecule has 2 unspecified atom stereocenters. The summed E-state index contributed by atoms with van der Waals surface area (Å²) < 4.78 is 0. The monoisotopic (exact) mass is 273 g/mol. The summed E-state index contributed by atoms with van der Waals surface area (Å²) in [7, 11) is 4.12. The van der Waals surface area contributed by atoms with Gasteiger partial charge >= 0.3 is 5.97 Å². The Hall–Kier alpha value is -1.35. The van der Waals surface area contributed by atoms with Crippen LogP contribution < -0.4 is 0 Å². The van der Waals surface area contributed by atoms with Crippen LogP contribution in [0.25, 0.3) is 0 Å². The molecule has 3 heteroatoms. The summed E-state index contributed by atoms with van der Waals surface area (Å²) in [4.78, 5) is 13.7. The van der Waals surface area contributed by atoms with E-state index in [2.05, 4.69) is 43.3 Å². The normalized spacial score (nSPS) is 31.9. The van der Waals surface area contributed by atoms with E-state index in [1.165, 1.54) is 11.1 Å². The van der Waals surface area contributed by atoms with E-state index < -0.39 is 5.97 Å². The average molecular weight is 273 g/mol. The zero-order valence-corrected chi connectivity index (χ0v) is 12.3. The Balaban J connectivity index is 2.04. The molecule has 0 heterocycles. The number of aliphatic carboxylic acids is 1. The number of hydrogen-bond donors (Lipinski definition) is 1. The number of carboxylic acid groups (broad SMARTS) is 1. The van der Waals surface area contributed by atoms with Gasteiger partial charge in [-0.15, -0.1) is 0 Å². The maximum Gasteiger partial charge on any atom is 0.305 e. The van der Waals surface area contributed by atoms with Crippen molar-refractivity contribution >= 4 is 5.97 Å². The Kier molecular flexibility index (Phi) is 3.33. The molecule has 2 bridgehead atoms. The third-order valence-electron chi connectivity index (χ3n) is 5.60. The van der Waals surface area contributed by atoms with Crippen LogP contribution in [-0.2, 0) is 17.6 Å². The molecule has 0 radical (unpaired) electrons. The Morgan fingerprint density at radius 1 is 1.20 bits per heavy atom. The summed E-state index contributed by atoms with van der Waals surface area (Å²) in [6, 6.07) is 8.65. The molecule has 2 aliphatic carbocycles. The molecule has 1 saturated carbocycles. The van der Waals surface area contributed by atoms with E-state index in [0.717, 1.165) is 25.7 Å². The topological polar surface area (TPSA) is 40.5 Å². The van der Waals surface area contributed by atoms with Crippen LogP contribution in [0.1, 0.15) is 30.4 Å². The maximum absolute atomic E-state index is 11.5. The van der Waals surface area contributed by atoms with Crippen molar-refractivity contribution in [2.75, 3.05) is 14.1 Å². The molecule has 0 amide bonds. The number of benzene rings is 1. The standard InChI is InChI=1S/C17H23NO2/c1-18(2)17(11-16(19)20)14-7-8-15(17)10-13-6-4-3-5-12(13)9-14/h3-6,14-15H,7-11H2,1-2H3,(H,19,20). The minimum Gasteiger partial charge on any atom is -0.481 e. The number of nitrogens with zero attached hydrogens (tertiary/aromatic N) is 1. The SMILES string of the molecule is CN(C)C1(CC(=O)O)C2CCC1Cc1ccccc1C2. The van der Waals surface area contributed by atoms with Crippen molar-refractivity contribution in [2.24, 2.45) is 11.8 Å². The smallest absolute Gasteiger partial charge is 0.305 e. The molecule has 0 saturated heterocycles. The highest BCUT2D eigenvalue weighted by molar-refractivity contribution is 5.69. The van der Waals surface area contributed by atoms with Gasteiger partial charge in [-0.3, -0.25) is 4.79 Å². The molecule has 0 spiro atoms. The largest absolute Gasteiger partial charge is 0.481 e. The van der Waals surface area contributed by atoms with Gasteiger partial charge in [0.25, 0.3) is 0 Å². The molecule has 0 aromatic heterocycles. The van der Waals surface area contributed by atoms with Gasteiger partial charge in [-0.05, 0) is 62.7 Å². The van der Waals surface area contributed by atoms with Crippen molar-refractivity contribution in [3.05, 3.63) is 35.4 Å². The lowest BCUT2D eigenvalue weighted by molar-refractivity contribution is -0.142. The summed E-state index contributed by atoms with van der Waals surface area (Å²) in [5.41, 5.74) is 2.68. The van der Waals surface area contributed by atoms with E-state index in [1.807, 2.05) is 0 Å². The van der Waals surface area contributed by atoms with Crippen molar-refractivity contribution in [3.63, 3.8) is 0 Å². The van der Waals surface area contributed by atoms with Crippen LogP contribution in [0.3, 0.4) is 0 Å². The second-order valence-electron chi connectivity index (χ2n) is 6.60. The quantitative estimate of drug-likeness (QED) is 0.920. The van der Waals surface area contributed by atoms with E-state index in [1.54, 1.807) is 0 Å². The van der Waals surface area contributed by atoms with E-state index in [-0.39, 0.29) is 12.0 Å². The van der Waals surface area contributed by atoms with Gasteiger partial charge in [0.2, 0.25) is 0 Å². The molecular formula is C17H23NO2. The Bertz CT molecular complexity index is 490. The number of rotatable bonds is 3. The summed E-state index contributed by atoms with van der Waals surface area (Å²) in [6.45, 7) is 0. The lowest BCUT2D eigenvalue weighted by Gasteiger charge is -2.44. The van der Waals surface area contributed by atoms with Crippen LogP contribution in [0, 0.1) is 11.8 Å². The fraction of sp³-hybridized carbons (Fsp3) is 0.588. The summed E-state index contributed by atoms with van der Waals surface area (Å²) in [6.07, 6.45) is 4.63. The molecule has 20 heavy (non-hydrogen) atoms. The minimum atomic E-state index is -0.665. The molecule has 3 nitrogen and oxygen atoms in total. The summed E-state index contributed by atoms with van der Waals surface area (Å²) >= 11 is 0. The van der Waals surface area contributed by atoms with Crippen molar-refractivity contribution in [3.8, 4) is 0 Å². The molecule has 108 valence electrons. The van der Waals surface area contributed by atoms with Crippen LogP contribution >= 0.6 is 0 Å². The number of carbonyl (C=O) groups is 1. The Labute approximate surface area is 120 Å². The predicted molar refractivity (Wildman–Crippen MR) is 78.7 cm³/mol. The maximum atomic E-state index is 11.5. The highest BCUT2D eigenvalue weighted by Crippen LogP contribution is 2.51. The number of hydrogen-bond acceptors (Lipinski definition) is 2. The molecule has 1 aromatic rings. The van der Waals surface area contributed by atoms with Crippen molar-refractivity contribution in [1.82, 2.24) is 4.90 Å². The van der Waals surface area contributed by atoms with Crippen LogP contribution in [-0.4, -0.2) is 35.6 Å². The summed E-state index contributed by atoms with van der Waals surface area (Å²) in [5, 5.41) is 9.43. The molecular weight excluding hydrogens is 250 g/mol. The predicted octanol–water partition coefficient (Wildman–Crippen LogP) is 2.59. The fourth-order valence-electron chi connectivity index (χ4n) is 4.70. The Morgan fingerprint density at radius 2 is 1.70 bits per heavy atom. The van der Waals surface area contributed by atoms with E-state index >= 15 is 0 Å². The zero-order valence-electron chi connectivity index (χ0n) is 12.3. The van der Waals surface area contributed by atoms with Crippen molar-refractivity contribution < 1.29 is 9.90 Å². The second kappa shape index (κ2) is 4.88. The molecule has 2 atom stereocenters. The third kappa shape index (κ3) is 1.96. The Morgan fingerprint density at radius 3 is 2.10 bits per heavy atom. The highest BCUT2D eigenvalue weighted by Gasteiger charge is 2.53. The van der Waals surface area contributed by atoms with Gasteiger partial charge in [0.15, 0.2) is 0 Å². The molecule has 1 fully saturated rings. The first kappa shape index (κ1) is 13.6. The van der Waals surface area contributed by atoms with E-state index in [9.17, 15) is 9.90 Å². The number of fused-ring (bicyclic) bond motifs is 3. The molecule has 1 N–H and O–H groups in total. The first-order valence-corrected chi connectivity index (χ1v) is 7.50. The van der Waals surface area contributed by atoms with Gasteiger partial charge in [0.1, 0.15) is 0 Å². The van der Waals surface area contributed by atoms with Gasteiger partial charge in [-0.1, -0.05) is 24.3 Å². The first-order chi connectivity index (χ1) is 9.54. The lowest BCUT2D eigenvalue weighted by atomic mass is 9.75. The average Bonchev–Trinajstić information content (AvgIpc) is 2.62. The van der Waals surface area contributed by atoms with Crippen LogP contribution in [0.4, 0.5) is 0 Å². The van der Waals surface area contributed by atoms with Gasteiger partial charge in [0, 0.05) is 5.54 Å². The lowest BCUT2D eigenvalue weighted by Crippen LogP contribution is -2.53. The minimum absolute atomic E-state index is 0.176. The van der Waals surface area contributed by atoms with Crippen LogP contribution in [0.2, 0.25) is 0 Å². The second-order valence-corrected chi connectivity index (χ2v) is 6.60. The first-order valence-electron chi connectivity index (χ1n) is 7.50. The molecule has 1 aromatic carbocycles. The molecule has 2 aliphatic rings. The third-order valence-corrected chi connectivity index (χ3v) is 5.60. The molecule has 3 rings (SSSR count). The summed E-state index contributed by atoms with van der Waals surface area (Å²) in [5.74, 6) is 0.256. The van der Waals surface area contributed by atoms with Gasteiger partial charge in [0.05, 0.1) is 6.42 Å². The molecule has 0 aliphatic heterocycles.